The molecule has 0 radical (unpaired) electrons. The van der Waals surface area contributed by atoms with Gasteiger partial charge in [0, 0.05) is 34.1 Å². The molecule has 2 aromatic carbocycles. The van der Waals surface area contributed by atoms with Crippen molar-refractivity contribution in [3.8, 4) is 22.6 Å². The molecule has 0 saturated carbocycles. The molecule has 0 saturated heterocycles. The Labute approximate surface area is 178 Å². The average Bonchev–Trinajstić information content (AvgIpc) is 3.18. The molecule has 0 spiro atoms. The van der Waals surface area contributed by atoms with Crippen molar-refractivity contribution >= 4 is 11.6 Å². The topological polar surface area (TPSA) is 59.2 Å². The summed E-state index contributed by atoms with van der Waals surface area (Å²) in [6.45, 7) is 0. The first-order valence-corrected chi connectivity index (χ1v) is 9.34. The van der Waals surface area contributed by atoms with Crippen molar-refractivity contribution < 1.29 is 27.2 Å². The first-order valence-electron chi connectivity index (χ1n) is 8.96. The highest BCUT2D eigenvalue weighted by atomic mass is 35.5. The quantitative estimate of drug-likeness (QED) is 0.372. The van der Waals surface area contributed by atoms with Crippen LogP contribution in [0.2, 0.25) is 5.02 Å². The molecular formula is C22H13ClF4N2O2. The summed E-state index contributed by atoms with van der Waals surface area (Å²) in [7, 11) is 0. The van der Waals surface area contributed by atoms with E-state index in [1.54, 1.807) is 36.4 Å². The number of nitrogens with zero attached hydrogens (tertiary/aromatic N) is 2. The van der Waals surface area contributed by atoms with E-state index in [1.165, 1.54) is 12.4 Å². The molecule has 0 bridgehead atoms. The van der Waals surface area contributed by atoms with E-state index >= 15 is 0 Å². The van der Waals surface area contributed by atoms with E-state index in [2.05, 4.69) is 10.1 Å². The Bertz CT molecular complexity index is 1210. The van der Waals surface area contributed by atoms with Crippen LogP contribution in [-0.2, 0) is 6.18 Å². The van der Waals surface area contributed by atoms with Crippen LogP contribution < -0.4 is 0 Å². The van der Waals surface area contributed by atoms with Gasteiger partial charge in [-0.2, -0.15) is 13.2 Å². The highest BCUT2D eigenvalue weighted by Crippen LogP contribution is 2.41. The molecular weight excluding hydrogens is 436 g/mol. The maximum atomic E-state index is 14.6. The third-order valence-electron chi connectivity index (χ3n) is 4.66. The molecule has 4 nitrogen and oxygen atoms in total. The summed E-state index contributed by atoms with van der Waals surface area (Å²) in [5.41, 5.74) is -0.958. The number of halogens is 5. The van der Waals surface area contributed by atoms with Crippen molar-refractivity contribution in [3.63, 3.8) is 0 Å². The van der Waals surface area contributed by atoms with Gasteiger partial charge in [0.2, 0.25) is 0 Å². The zero-order chi connectivity index (χ0) is 22.2. The summed E-state index contributed by atoms with van der Waals surface area (Å²) < 4.78 is 59.6. The molecule has 31 heavy (non-hydrogen) atoms. The normalized spacial score (nSPS) is 12.7. The Morgan fingerprint density at radius 1 is 1.03 bits per heavy atom. The van der Waals surface area contributed by atoms with Gasteiger partial charge in [0.05, 0.1) is 11.1 Å². The van der Waals surface area contributed by atoms with E-state index in [1.807, 2.05) is 0 Å². The smallest absolute Gasteiger partial charge is 0.383 e. The number of aromatic nitrogens is 2. The van der Waals surface area contributed by atoms with Crippen LogP contribution in [0, 0.1) is 5.82 Å². The van der Waals surface area contributed by atoms with Crippen LogP contribution in [0.1, 0.15) is 22.8 Å². The molecule has 158 valence electrons. The van der Waals surface area contributed by atoms with Gasteiger partial charge in [-0.25, -0.2) is 4.39 Å². The van der Waals surface area contributed by atoms with Gasteiger partial charge >= 0.3 is 6.18 Å². The largest absolute Gasteiger partial charge is 0.416 e. The molecule has 4 aromatic rings. The highest BCUT2D eigenvalue weighted by molar-refractivity contribution is 6.30. The first-order chi connectivity index (χ1) is 14.8. The molecule has 0 aliphatic heterocycles. The van der Waals surface area contributed by atoms with Crippen LogP contribution in [-0.4, -0.2) is 15.2 Å². The Hall–Kier alpha value is -3.23. The zero-order valence-electron chi connectivity index (χ0n) is 15.6. The standard InChI is InChI=1S/C22H13ClF4N2O2/c23-15-6-3-12(4-7-15)21-18(20(30)13-2-1-9-28-11-13)19(29-31-21)16-10-14(22(25,26)27)5-8-17(16)24/h1-11,20,30H. The van der Waals surface area contributed by atoms with E-state index < -0.39 is 29.2 Å². The fourth-order valence-corrected chi connectivity index (χ4v) is 3.27. The Morgan fingerprint density at radius 3 is 2.42 bits per heavy atom. The van der Waals surface area contributed by atoms with E-state index in [0.29, 0.717) is 34.3 Å². The third kappa shape index (κ3) is 4.17. The second kappa shape index (κ2) is 8.13. The van der Waals surface area contributed by atoms with Gasteiger partial charge in [0.15, 0.2) is 5.76 Å². The van der Waals surface area contributed by atoms with Crippen molar-refractivity contribution in [1.82, 2.24) is 10.1 Å². The zero-order valence-corrected chi connectivity index (χ0v) is 16.3. The van der Waals surface area contributed by atoms with Crippen molar-refractivity contribution in [2.75, 3.05) is 0 Å². The molecule has 0 aliphatic carbocycles. The fourth-order valence-electron chi connectivity index (χ4n) is 3.14. The lowest BCUT2D eigenvalue weighted by molar-refractivity contribution is -0.137. The van der Waals surface area contributed by atoms with Crippen LogP contribution in [0.3, 0.4) is 0 Å². The van der Waals surface area contributed by atoms with Crippen molar-refractivity contribution in [3.05, 3.63) is 94.5 Å². The third-order valence-corrected chi connectivity index (χ3v) is 4.91. The van der Waals surface area contributed by atoms with Crippen LogP contribution in [0.25, 0.3) is 22.6 Å². The number of alkyl halides is 3. The number of aliphatic hydroxyl groups excluding tert-OH is 1. The van der Waals surface area contributed by atoms with Gasteiger partial charge in [-0.15, -0.1) is 0 Å². The van der Waals surface area contributed by atoms with E-state index in [-0.39, 0.29) is 17.0 Å². The fraction of sp³-hybridized carbons (Fsp3) is 0.0909. The lowest BCUT2D eigenvalue weighted by Crippen LogP contribution is -2.07. The molecule has 0 fully saturated rings. The van der Waals surface area contributed by atoms with Crippen molar-refractivity contribution in [1.29, 1.82) is 0 Å². The summed E-state index contributed by atoms with van der Waals surface area (Å²) in [6.07, 6.45) is -3.20. The van der Waals surface area contributed by atoms with Crippen molar-refractivity contribution in [2.24, 2.45) is 0 Å². The predicted molar refractivity (Wildman–Crippen MR) is 106 cm³/mol. The minimum absolute atomic E-state index is 0.00791. The highest BCUT2D eigenvalue weighted by Gasteiger charge is 2.33. The van der Waals surface area contributed by atoms with Crippen LogP contribution in [0.15, 0.2) is 71.5 Å². The Balaban J connectivity index is 1.95. The summed E-state index contributed by atoms with van der Waals surface area (Å²) in [6, 6.07) is 11.5. The number of aliphatic hydroxyl groups is 1. The molecule has 2 aromatic heterocycles. The van der Waals surface area contributed by atoms with E-state index in [9.17, 15) is 22.7 Å². The SMILES string of the molecule is OC(c1cccnc1)c1c(-c2cc(C(F)(F)F)ccc2F)noc1-c1ccc(Cl)cc1. The van der Waals surface area contributed by atoms with Gasteiger partial charge < -0.3 is 9.63 Å². The average molecular weight is 449 g/mol. The number of hydrogen-bond donors (Lipinski definition) is 1. The number of rotatable bonds is 4. The first kappa shape index (κ1) is 21.0. The monoisotopic (exact) mass is 448 g/mol. The molecule has 1 N–H and O–H groups in total. The van der Waals surface area contributed by atoms with Gasteiger partial charge in [0.1, 0.15) is 17.6 Å². The number of benzene rings is 2. The second-order valence-corrected chi connectivity index (χ2v) is 7.10. The molecule has 4 rings (SSSR count). The summed E-state index contributed by atoms with van der Waals surface area (Å²) in [5.74, 6) is -0.872. The summed E-state index contributed by atoms with van der Waals surface area (Å²) in [5, 5.41) is 15.3. The van der Waals surface area contributed by atoms with E-state index in [4.69, 9.17) is 16.1 Å². The Kier molecular flexibility index (Phi) is 5.51. The summed E-state index contributed by atoms with van der Waals surface area (Å²) >= 11 is 5.92. The predicted octanol–water partition coefficient (Wildman–Crippen LogP) is 6.30. The second-order valence-electron chi connectivity index (χ2n) is 6.66. The molecule has 2 heterocycles. The molecule has 9 heteroatoms. The van der Waals surface area contributed by atoms with Gasteiger partial charge in [0.25, 0.3) is 0 Å². The maximum absolute atomic E-state index is 14.6. The lowest BCUT2D eigenvalue weighted by atomic mass is 9.94. The molecule has 1 atom stereocenters. The van der Waals surface area contributed by atoms with Crippen LogP contribution in [0.4, 0.5) is 17.6 Å². The molecule has 0 aliphatic rings. The summed E-state index contributed by atoms with van der Waals surface area (Å²) in [4.78, 5) is 3.94. The van der Waals surface area contributed by atoms with E-state index in [0.717, 1.165) is 0 Å². The lowest BCUT2D eigenvalue weighted by Gasteiger charge is -2.14. The minimum atomic E-state index is -4.69. The molecule has 1 unspecified atom stereocenters. The molecule has 0 amide bonds. The van der Waals surface area contributed by atoms with Gasteiger partial charge in [-0.05, 0) is 48.5 Å². The number of pyridine rings is 1. The van der Waals surface area contributed by atoms with Crippen molar-refractivity contribution in [2.45, 2.75) is 12.3 Å². The van der Waals surface area contributed by atoms with Crippen LogP contribution in [0.5, 0.6) is 0 Å². The Morgan fingerprint density at radius 2 is 1.77 bits per heavy atom. The van der Waals surface area contributed by atoms with Crippen LogP contribution >= 0.6 is 11.6 Å². The van der Waals surface area contributed by atoms with Gasteiger partial charge in [-0.1, -0.05) is 22.8 Å². The maximum Gasteiger partial charge on any atom is 0.416 e. The number of hydrogen-bond acceptors (Lipinski definition) is 4. The minimum Gasteiger partial charge on any atom is -0.383 e. The van der Waals surface area contributed by atoms with Gasteiger partial charge in [-0.3, -0.25) is 4.98 Å².